The molecule has 1 unspecified atom stereocenters. The number of rotatable bonds is 2. The zero-order valence-electron chi connectivity index (χ0n) is 10.8. The number of hydrogen-bond donors (Lipinski definition) is 0. The average molecular weight is 276 g/mol. The molecule has 0 spiro atoms. The highest BCUT2D eigenvalue weighted by atomic mass is 32.2. The van der Waals surface area contributed by atoms with E-state index in [4.69, 9.17) is 0 Å². The van der Waals surface area contributed by atoms with Crippen LogP contribution in [-0.4, -0.2) is 53.5 Å². The van der Waals surface area contributed by atoms with Gasteiger partial charge in [-0.15, -0.1) is 11.8 Å². The molecule has 2 heterocycles. The maximum absolute atomic E-state index is 11.9. The van der Waals surface area contributed by atoms with Crippen molar-refractivity contribution in [3.63, 3.8) is 0 Å². The fourth-order valence-corrected chi connectivity index (χ4v) is 3.87. The Morgan fingerprint density at radius 2 is 2.00 bits per heavy atom. The second-order valence-electron chi connectivity index (χ2n) is 5.08. The van der Waals surface area contributed by atoms with E-state index < -0.39 is 0 Å². The fraction of sp³-hybridized carbons (Fsp3) is 0.429. The lowest BCUT2D eigenvalue weighted by Gasteiger charge is -2.32. The summed E-state index contributed by atoms with van der Waals surface area (Å²) in [6.07, 6.45) is 0.981. The van der Waals surface area contributed by atoms with Gasteiger partial charge >= 0.3 is 0 Å². The highest BCUT2D eigenvalue weighted by Gasteiger charge is 2.31. The van der Waals surface area contributed by atoms with Crippen molar-refractivity contribution in [3.05, 3.63) is 29.8 Å². The molecule has 0 aliphatic carbocycles. The fourth-order valence-electron chi connectivity index (χ4n) is 2.53. The summed E-state index contributed by atoms with van der Waals surface area (Å²) >= 11 is 1.82. The van der Waals surface area contributed by atoms with E-state index >= 15 is 0 Å². The second-order valence-corrected chi connectivity index (χ2v) is 6.42. The van der Waals surface area contributed by atoms with E-state index in [1.54, 1.807) is 11.9 Å². The zero-order chi connectivity index (χ0) is 13.4. The molecule has 0 saturated carbocycles. The van der Waals surface area contributed by atoms with Crippen molar-refractivity contribution in [2.45, 2.75) is 16.6 Å². The Morgan fingerprint density at radius 3 is 2.79 bits per heavy atom. The van der Waals surface area contributed by atoms with Gasteiger partial charge in [0.05, 0.1) is 13.1 Å². The Morgan fingerprint density at radius 1 is 1.21 bits per heavy atom. The minimum atomic E-state index is 0.0279. The van der Waals surface area contributed by atoms with Gasteiger partial charge in [-0.3, -0.25) is 9.59 Å². The van der Waals surface area contributed by atoms with Crippen LogP contribution in [-0.2, 0) is 16.0 Å². The molecule has 0 radical (unpaired) electrons. The molecule has 1 fully saturated rings. The predicted octanol–water partition coefficient (Wildman–Crippen LogP) is 1.00. The van der Waals surface area contributed by atoms with E-state index in [2.05, 4.69) is 12.1 Å². The molecular weight excluding hydrogens is 260 g/mol. The summed E-state index contributed by atoms with van der Waals surface area (Å²) in [5.74, 6) is 0.0822. The Kier molecular flexibility index (Phi) is 3.22. The number of benzene rings is 1. The minimum Gasteiger partial charge on any atom is -0.335 e. The van der Waals surface area contributed by atoms with Crippen molar-refractivity contribution < 1.29 is 9.59 Å². The quantitative estimate of drug-likeness (QED) is 0.809. The van der Waals surface area contributed by atoms with Gasteiger partial charge in [0, 0.05) is 23.7 Å². The van der Waals surface area contributed by atoms with Crippen LogP contribution < -0.4 is 0 Å². The SMILES string of the molecule is CN1CC(=O)N(CC2Cc3ccccc3S2)CC1=O. The number of carbonyl (C=O) groups excluding carboxylic acids is 2. The first-order valence-corrected chi connectivity index (χ1v) is 7.28. The Labute approximate surface area is 116 Å². The van der Waals surface area contributed by atoms with E-state index in [9.17, 15) is 9.59 Å². The number of nitrogens with zero attached hydrogens (tertiary/aromatic N) is 2. The molecule has 0 bridgehead atoms. The molecule has 1 saturated heterocycles. The standard InChI is InChI=1S/C14H16N2O2S/c1-15-8-14(18)16(9-13(15)17)7-11-6-10-4-2-3-5-12(10)19-11/h2-5,11H,6-9H2,1H3. The van der Waals surface area contributed by atoms with Crippen molar-refractivity contribution in [1.82, 2.24) is 9.80 Å². The largest absolute Gasteiger partial charge is 0.335 e. The van der Waals surface area contributed by atoms with E-state index in [0.717, 1.165) is 6.42 Å². The predicted molar refractivity (Wildman–Crippen MR) is 74.0 cm³/mol. The summed E-state index contributed by atoms with van der Waals surface area (Å²) < 4.78 is 0. The smallest absolute Gasteiger partial charge is 0.242 e. The molecular formula is C14H16N2O2S. The van der Waals surface area contributed by atoms with Crippen molar-refractivity contribution in [2.75, 3.05) is 26.7 Å². The zero-order valence-corrected chi connectivity index (χ0v) is 11.7. The van der Waals surface area contributed by atoms with Crippen LogP contribution in [0.15, 0.2) is 29.2 Å². The summed E-state index contributed by atoms with van der Waals surface area (Å²) in [7, 11) is 1.68. The topological polar surface area (TPSA) is 40.6 Å². The lowest BCUT2D eigenvalue weighted by atomic mass is 10.1. The van der Waals surface area contributed by atoms with Gasteiger partial charge in [0.1, 0.15) is 0 Å². The summed E-state index contributed by atoms with van der Waals surface area (Å²) in [6, 6.07) is 8.35. The van der Waals surface area contributed by atoms with Crippen LogP contribution >= 0.6 is 11.8 Å². The molecule has 3 rings (SSSR count). The third kappa shape index (κ3) is 2.47. The van der Waals surface area contributed by atoms with Crippen LogP contribution in [0.5, 0.6) is 0 Å². The normalized spacial score (nSPS) is 22.9. The second kappa shape index (κ2) is 4.89. The van der Waals surface area contributed by atoms with Gasteiger partial charge in [0.25, 0.3) is 0 Å². The lowest BCUT2D eigenvalue weighted by Crippen LogP contribution is -2.53. The maximum atomic E-state index is 11.9. The molecule has 4 nitrogen and oxygen atoms in total. The summed E-state index contributed by atoms with van der Waals surface area (Å²) in [4.78, 5) is 28.1. The van der Waals surface area contributed by atoms with Crippen molar-refractivity contribution in [1.29, 1.82) is 0 Å². The highest BCUT2D eigenvalue weighted by Crippen LogP contribution is 2.37. The van der Waals surface area contributed by atoms with Crippen LogP contribution in [0, 0.1) is 0 Å². The first-order valence-electron chi connectivity index (χ1n) is 6.40. The Balaban J connectivity index is 1.64. The van der Waals surface area contributed by atoms with Gasteiger partial charge in [-0.25, -0.2) is 0 Å². The highest BCUT2D eigenvalue weighted by molar-refractivity contribution is 8.00. The van der Waals surface area contributed by atoms with Crippen molar-refractivity contribution >= 4 is 23.6 Å². The minimum absolute atomic E-state index is 0.0279. The number of thioether (sulfide) groups is 1. The van der Waals surface area contributed by atoms with Crippen molar-refractivity contribution in [2.24, 2.45) is 0 Å². The molecule has 5 heteroatoms. The molecule has 19 heavy (non-hydrogen) atoms. The molecule has 100 valence electrons. The first kappa shape index (κ1) is 12.5. The number of piperazine rings is 1. The van der Waals surface area contributed by atoms with Crippen molar-refractivity contribution in [3.8, 4) is 0 Å². The van der Waals surface area contributed by atoms with Crippen LogP contribution in [0.1, 0.15) is 5.56 Å². The average Bonchev–Trinajstić information content (AvgIpc) is 2.78. The van der Waals surface area contributed by atoms with Crippen LogP contribution in [0.3, 0.4) is 0 Å². The van der Waals surface area contributed by atoms with E-state index in [1.807, 2.05) is 23.9 Å². The van der Waals surface area contributed by atoms with Crippen LogP contribution in [0.4, 0.5) is 0 Å². The molecule has 0 aromatic heterocycles. The third-order valence-corrected chi connectivity index (χ3v) is 4.92. The number of carbonyl (C=O) groups is 2. The Hall–Kier alpha value is -1.49. The number of fused-ring (bicyclic) bond motifs is 1. The third-order valence-electron chi connectivity index (χ3n) is 3.61. The number of likely N-dealkylation sites (N-methyl/N-ethyl adjacent to an activating group) is 1. The summed E-state index contributed by atoms with van der Waals surface area (Å²) in [5.41, 5.74) is 1.35. The van der Waals surface area contributed by atoms with Crippen LogP contribution in [0.25, 0.3) is 0 Å². The van der Waals surface area contributed by atoms with E-state index in [-0.39, 0.29) is 24.9 Å². The first-order chi connectivity index (χ1) is 9.13. The molecule has 2 aliphatic rings. The molecule has 2 amide bonds. The molecule has 2 aliphatic heterocycles. The molecule has 0 N–H and O–H groups in total. The van der Waals surface area contributed by atoms with Gasteiger partial charge in [0.15, 0.2) is 0 Å². The summed E-state index contributed by atoms with van der Waals surface area (Å²) in [6.45, 7) is 1.10. The number of hydrogen-bond acceptors (Lipinski definition) is 3. The van der Waals surface area contributed by atoms with Gasteiger partial charge in [-0.2, -0.15) is 0 Å². The Bertz CT molecular complexity index is 507. The monoisotopic (exact) mass is 276 g/mol. The summed E-state index contributed by atoms with van der Waals surface area (Å²) in [5, 5.41) is 0.373. The van der Waals surface area contributed by atoms with E-state index in [0.29, 0.717) is 11.8 Å². The molecule has 1 atom stereocenters. The molecule has 1 aromatic carbocycles. The lowest BCUT2D eigenvalue weighted by molar-refractivity contribution is -0.148. The van der Waals surface area contributed by atoms with Gasteiger partial charge in [-0.1, -0.05) is 18.2 Å². The van der Waals surface area contributed by atoms with E-state index in [1.165, 1.54) is 15.4 Å². The van der Waals surface area contributed by atoms with Gasteiger partial charge < -0.3 is 9.80 Å². The van der Waals surface area contributed by atoms with Crippen LogP contribution in [0.2, 0.25) is 0 Å². The number of amides is 2. The van der Waals surface area contributed by atoms with Gasteiger partial charge in [-0.05, 0) is 18.1 Å². The van der Waals surface area contributed by atoms with Gasteiger partial charge in [0.2, 0.25) is 11.8 Å². The molecule has 1 aromatic rings. The maximum Gasteiger partial charge on any atom is 0.242 e.